The molecule has 0 fully saturated rings. The van der Waals surface area contributed by atoms with Crippen LogP contribution in [0.15, 0.2) is 18.2 Å². The molecule has 2 rings (SSSR count). The highest BCUT2D eigenvalue weighted by atomic mass is 35.5. The first-order valence-electron chi connectivity index (χ1n) is 5.44. The van der Waals surface area contributed by atoms with Gasteiger partial charge in [0.1, 0.15) is 0 Å². The van der Waals surface area contributed by atoms with Crippen LogP contribution in [0.1, 0.15) is 30.0 Å². The standard InChI is InChI=1S/C12H16ClNO/c13-10-4-2-9-3-5-12(11(9)8-10)14-6-1-7-15/h2,4,8,12,14-15H,1,3,5-7H2. The Hall–Kier alpha value is -0.570. The van der Waals surface area contributed by atoms with E-state index in [0.29, 0.717) is 6.04 Å². The van der Waals surface area contributed by atoms with Crippen LogP contribution in [-0.2, 0) is 6.42 Å². The second-order valence-corrected chi connectivity index (χ2v) is 4.40. The lowest BCUT2D eigenvalue weighted by Crippen LogP contribution is -2.21. The summed E-state index contributed by atoms with van der Waals surface area (Å²) in [6.07, 6.45) is 3.08. The Kier molecular flexibility index (Phi) is 3.62. The minimum Gasteiger partial charge on any atom is -0.396 e. The summed E-state index contributed by atoms with van der Waals surface area (Å²) < 4.78 is 0. The van der Waals surface area contributed by atoms with E-state index in [9.17, 15) is 0 Å². The van der Waals surface area contributed by atoms with Crippen LogP contribution >= 0.6 is 11.6 Å². The minimum absolute atomic E-state index is 0.252. The molecule has 1 unspecified atom stereocenters. The Balaban J connectivity index is 2.03. The molecule has 0 bridgehead atoms. The number of hydrogen-bond donors (Lipinski definition) is 2. The maximum Gasteiger partial charge on any atom is 0.0443 e. The number of benzene rings is 1. The molecule has 0 heterocycles. The van der Waals surface area contributed by atoms with E-state index in [1.54, 1.807) is 0 Å². The second kappa shape index (κ2) is 4.97. The van der Waals surface area contributed by atoms with Crippen molar-refractivity contribution in [3.8, 4) is 0 Å². The Bertz CT molecular complexity index is 340. The summed E-state index contributed by atoms with van der Waals surface area (Å²) in [6.45, 7) is 1.12. The molecule has 1 aliphatic carbocycles. The van der Waals surface area contributed by atoms with Gasteiger partial charge in [0.25, 0.3) is 0 Å². The third-order valence-corrected chi connectivity index (χ3v) is 3.15. The van der Waals surface area contributed by atoms with E-state index in [0.717, 1.165) is 30.8 Å². The average molecular weight is 226 g/mol. The van der Waals surface area contributed by atoms with Crippen molar-refractivity contribution >= 4 is 11.6 Å². The van der Waals surface area contributed by atoms with Gasteiger partial charge in [-0.1, -0.05) is 17.7 Å². The number of nitrogens with one attached hydrogen (secondary N) is 1. The van der Waals surface area contributed by atoms with Crippen LogP contribution in [0.5, 0.6) is 0 Å². The smallest absolute Gasteiger partial charge is 0.0443 e. The number of aryl methyl sites for hydroxylation is 1. The van der Waals surface area contributed by atoms with Crippen molar-refractivity contribution in [2.75, 3.05) is 13.2 Å². The van der Waals surface area contributed by atoms with Crippen LogP contribution < -0.4 is 5.32 Å². The number of hydrogen-bond acceptors (Lipinski definition) is 2. The summed E-state index contributed by atoms with van der Waals surface area (Å²) in [4.78, 5) is 0. The van der Waals surface area contributed by atoms with Crippen LogP contribution in [0.2, 0.25) is 5.02 Å². The molecule has 1 aromatic carbocycles. The summed E-state index contributed by atoms with van der Waals surface area (Å²) in [7, 11) is 0. The van der Waals surface area contributed by atoms with Gasteiger partial charge in [-0.2, -0.15) is 0 Å². The number of halogens is 1. The lowest BCUT2D eigenvalue weighted by Gasteiger charge is -2.13. The van der Waals surface area contributed by atoms with Crippen molar-refractivity contribution < 1.29 is 5.11 Å². The van der Waals surface area contributed by atoms with E-state index in [1.165, 1.54) is 11.1 Å². The van der Waals surface area contributed by atoms with Crippen molar-refractivity contribution in [3.63, 3.8) is 0 Å². The molecule has 2 nitrogen and oxygen atoms in total. The van der Waals surface area contributed by atoms with Crippen molar-refractivity contribution in [3.05, 3.63) is 34.3 Å². The normalized spacial score (nSPS) is 19.2. The molecule has 82 valence electrons. The van der Waals surface area contributed by atoms with Crippen LogP contribution in [0, 0.1) is 0 Å². The molecule has 0 aliphatic heterocycles. The fraction of sp³-hybridized carbons (Fsp3) is 0.500. The van der Waals surface area contributed by atoms with Crippen LogP contribution in [0.25, 0.3) is 0 Å². The van der Waals surface area contributed by atoms with Crippen molar-refractivity contribution in [2.24, 2.45) is 0 Å². The van der Waals surface area contributed by atoms with Gasteiger partial charge in [-0.15, -0.1) is 0 Å². The zero-order valence-electron chi connectivity index (χ0n) is 8.67. The van der Waals surface area contributed by atoms with Gasteiger partial charge in [0.2, 0.25) is 0 Å². The van der Waals surface area contributed by atoms with Gasteiger partial charge >= 0.3 is 0 Å². The Morgan fingerprint density at radius 1 is 1.47 bits per heavy atom. The molecule has 15 heavy (non-hydrogen) atoms. The highest BCUT2D eigenvalue weighted by Gasteiger charge is 2.21. The van der Waals surface area contributed by atoms with Crippen LogP contribution in [0.3, 0.4) is 0 Å². The lowest BCUT2D eigenvalue weighted by atomic mass is 10.1. The molecule has 0 radical (unpaired) electrons. The van der Waals surface area contributed by atoms with Gasteiger partial charge in [0.15, 0.2) is 0 Å². The summed E-state index contributed by atoms with van der Waals surface area (Å²) in [5.74, 6) is 0. The number of rotatable bonds is 4. The Labute approximate surface area is 95.3 Å². The largest absolute Gasteiger partial charge is 0.396 e. The molecular formula is C12H16ClNO. The van der Waals surface area contributed by atoms with E-state index in [2.05, 4.69) is 17.4 Å². The van der Waals surface area contributed by atoms with Crippen molar-refractivity contribution in [1.29, 1.82) is 0 Å². The van der Waals surface area contributed by atoms with E-state index < -0.39 is 0 Å². The van der Waals surface area contributed by atoms with Gasteiger partial charge in [0.05, 0.1) is 0 Å². The number of aliphatic hydroxyl groups excluding tert-OH is 1. The quantitative estimate of drug-likeness (QED) is 0.771. The summed E-state index contributed by atoms with van der Waals surface area (Å²) >= 11 is 5.98. The van der Waals surface area contributed by atoms with Gasteiger partial charge in [-0.05, 0) is 49.1 Å². The summed E-state index contributed by atoms with van der Waals surface area (Å²) in [5.41, 5.74) is 2.74. The highest BCUT2D eigenvalue weighted by molar-refractivity contribution is 6.30. The molecular weight excluding hydrogens is 210 g/mol. The zero-order chi connectivity index (χ0) is 10.7. The molecule has 0 amide bonds. The fourth-order valence-corrected chi connectivity index (χ4v) is 2.32. The van der Waals surface area contributed by atoms with Gasteiger partial charge in [-0.25, -0.2) is 0 Å². The SMILES string of the molecule is OCCCNC1CCc2ccc(Cl)cc21. The molecule has 2 N–H and O–H groups in total. The van der Waals surface area contributed by atoms with Gasteiger partial charge in [0, 0.05) is 17.7 Å². The summed E-state index contributed by atoms with van der Waals surface area (Å²) in [5, 5.41) is 13.0. The Morgan fingerprint density at radius 3 is 3.13 bits per heavy atom. The van der Waals surface area contributed by atoms with Crippen LogP contribution in [-0.4, -0.2) is 18.3 Å². The summed E-state index contributed by atoms with van der Waals surface area (Å²) in [6, 6.07) is 6.55. The first-order valence-corrected chi connectivity index (χ1v) is 5.81. The minimum atomic E-state index is 0.252. The van der Waals surface area contributed by atoms with Gasteiger partial charge < -0.3 is 10.4 Å². The zero-order valence-corrected chi connectivity index (χ0v) is 9.43. The average Bonchev–Trinajstić information content (AvgIpc) is 2.62. The van der Waals surface area contributed by atoms with Crippen molar-refractivity contribution in [1.82, 2.24) is 5.32 Å². The number of aliphatic hydroxyl groups is 1. The third-order valence-electron chi connectivity index (χ3n) is 2.91. The maximum atomic E-state index is 8.72. The molecule has 0 saturated heterocycles. The molecule has 1 aromatic rings. The van der Waals surface area contributed by atoms with E-state index >= 15 is 0 Å². The molecule has 0 spiro atoms. The molecule has 3 heteroatoms. The predicted molar refractivity (Wildman–Crippen MR) is 62.2 cm³/mol. The topological polar surface area (TPSA) is 32.3 Å². The highest BCUT2D eigenvalue weighted by Crippen LogP contribution is 2.32. The first-order chi connectivity index (χ1) is 7.31. The molecule has 0 aromatic heterocycles. The van der Waals surface area contributed by atoms with Crippen molar-refractivity contribution in [2.45, 2.75) is 25.3 Å². The first kappa shape index (κ1) is 10.9. The third kappa shape index (κ3) is 2.51. The second-order valence-electron chi connectivity index (χ2n) is 3.97. The van der Waals surface area contributed by atoms with E-state index in [4.69, 9.17) is 16.7 Å². The van der Waals surface area contributed by atoms with Crippen LogP contribution in [0.4, 0.5) is 0 Å². The van der Waals surface area contributed by atoms with E-state index in [1.807, 2.05) is 6.07 Å². The fourth-order valence-electron chi connectivity index (χ4n) is 2.14. The predicted octanol–water partition coefficient (Wildman–Crippen LogP) is 2.30. The molecule has 0 saturated carbocycles. The Morgan fingerprint density at radius 2 is 2.33 bits per heavy atom. The maximum absolute atomic E-state index is 8.72. The van der Waals surface area contributed by atoms with E-state index in [-0.39, 0.29) is 6.61 Å². The molecule has 1 atom stereocenters. The van der Waals surface area contributed by atoms with Gasteiger partial charge in [-0.3, -0.25) is 0 Å². The monoisotopic (exact) mass is 225 g/mol. The molecule has 1 aliphatic rings. The lowest BCUT2D eigenvalue weighted by molar-refractivity contribution is 0.283. The number of fused-ring (bicyclic) bond motifs is 1.